The van der Waals surface area contributed by atoms with Gasteiger partial charge in [0.15, 0.2) is 0 Å². The molecule has 2 aliphatic rings. The van der Waals surface area contributed by atoms with Crippen LogP contribution < -0.4 is 5.32 Å². The van der Waals surface area contributed by atoms with Gasteiger partial charge in [0.2, 0.25) is 5.95 Å². The van der Waals surface area contributed by atoms with Gasteiger partial charge in [-0.3, -0.25) is 0 Å². The Kier molecular flexibility index (Phi) is 3.96. The average molecular weight is 421 g/mol. The summed E-state index contributed by atoms with van der Waals surface area (Å²) in [6.45, 7) is 0. The van der Waals surface area contributed by atoms with E-state index >= 15 is 0 Å². The molecule has 4 nitrogen and oxygen atoms in total. The predicted octanol–water partition coefficient (Wildman–Crippen LogP) is 5.48. The number of nitrogens with zero attached hydrogens (tertiary/aromatic N) is 3. The van der Waals surface area contributed by atoms with Crippen molar-refractivity contribution >= 4 is 35.0 Å². The maximum atomic E-state index is 13.3. The fraction of sp³-hybridized carbons (Fsp3) is 0.158. The third-order valence-electron chi connectivity index (χ3n) is 4.74. The van der Waals surface area contributed by atoms with Crippen molar-refractivity contribution in [3.05, 3.63) is 76.1 Å². The van der Waals surface area contributed by atoms with Crippen LogP contribution in [0.15, 0.2) is 59.0 Å². The summed E-state index contributed by atoms with van der Waals surface area (Å²) in [5.74, 6) is -0.449. The molecule has 5 rings (SSSR count). The Morgan fingerprint density at radius 2 is 1.86 bits per heavy atom. The zero-order valence-electron chi connectivity index (χ0n) is 14.2. The highest BCUT2D eigenvalue weighted by atomic mass is 35.5. The molecule has 1 N–H and O–H groups in total. The van der Waals surface area contributed by atoms with E-state index in [2.05, 4.69) is 15.4 Å². The largest absolute Gasteiger partial charge is 0.453 e. The molecular weight excluding hydrogens is 409 g/mol. The lowest BCUT2D eigenvalue weighted by atomic mass is 9.94. The Morgan fingerprint density at radius 1 is 1.11 bits per heavy atom. The van der Waals surface area contributed by atoms with Gasteiger partial charge >= 0.3 is 6.18 Å². The minimum absolute atomic E-state index is 0.0766. The molecular formula is C19H12ClF3N4S. The molecule has 2 aromatic carbocycles. The molecule has 0 amide bonds. The molecule has 3 heterocycles. The number of thioether (sulfide) groups is 1. The fourth-order valence-electron chi connectivity index (χ4n) is 3.52. The summed E-state index contributed by atoms with van der Waals surface area (Å²) in [7, 11) is 0. The van der Waals surface area contributed by atoms with E-state index in [1.54, 1.807) is 23.9 Å². The molecule has 0 bridgehead atoms. The van der Waals surface area contributed by atoms with Crippen molar-refractivity contribution in [1.82, 2.24) is 14.8 Å². The number of hydrogen-bond donors (Lipinski definition) is 1. The lowest BCUT2D eigenvalue weighted by Crippen LogP contribution is -2.27. The van der Waals surface area contributed by atoms with Crippen LogP contribution in [0.5, 0.6) is 0 Å². The first-order valence-corrected chi connectivity index (χ1v) is 9.79. The molecule has 0 spiro atoms. The maximum absolute atomic E-state index is 13.3. The highest BCUT2D eigenvalue weighted by molar-refractivity contribution is 7.99. The summed E-state index contributed by atoms with van der Waals surface area (Å²) < 4.78 is 41.1. The van der Waals surface area contributed by atoms with Gasteiger partial charge in [-0.15, -0.1) is 16.9 Å². The summed E-state index contributed by atoms with van der Waals surface area (Å²) in [5.41, 5.74) is 3.51. The number of aromatic nitrogens is 3. The number of benzene rings is 2. The molecule has 1 aromatic heterocycles. The summed E-state index contributed by atoms with van der Waals surface area (Å²) in [4.78, 5) is 4.80. The number of rotatable bonds is 1. The van der Waals surface area contributed by atoms with Crippen LogP contribution in [0, 0.1) is 0 Å². The molecule has 9 heteroatoms. The number of fused-ring (bicyclic) bond motifs is 3. The van der Waals surface area contributed by atoms with Gasteiger partial charge in [0.25, 0.3) is 5.82 Å². The van der Waals surface area contributed by atoms with Crippen LogP contribution in [0.1, 0.15) is 23.0 Å². The van der Waals surface area contributed by atoms with Crippen LogP contribution in [0.4, 0.5) is 19.1 Å². The van der Waals surface area contributed by atoms with Gasteiger partial charge in [-0.1, -0.05) is 41.9 Å². The van der Waals surface area contributed by atoms with E-state index in [0.29, 0.717) is 10.8 Å². The number of halogens is 4. The van der Waals surface area contributed by atoms with Crippen molar-refractivity contribution in [2.24, 2.45) is 0 Å². The number of anilines is 1. The van der Waals surface area contributed by atoms with Gasteiger partial charge in [0, 0.05) is 21.2 Å². The van der Waals surface area contributed by atoms with Gasteiger partial charge in [0.1, 0.15) is 6.04 Å². The van der Waals surface area contributed by atoms with Crippen molar-refractivity contribution in [2.45, 2.75) is 17.1 Å². The summed E-state index contributed by atoms with van der Waals surface area (Å²) in [5, 5.41) is 7.44. The fourth-order valence-corrected chi connectivity index (χ4v) is 4.76. The Bertz CT molecular complexity index is 1110. The van der Waals surface area contributed by atoms with Gasteiger partial charge in [0.05, 0.1) is 5.70 Å². The molecule has 0 radical (unpaired) electrons. The second-order valence-corrected chi connectivity index (χ2v) is 7.92. The monoisotopic (exact) mass is 420 g/mol. The molecule has 3 aromatic rings. The van der Waals surface area contributed by atoms with Crippen molar-refractivity contribution < 1.29 is 13.2 Å². The minimum Gasteiger partial charge on any atom is -0.324 e. The van der Waals surface area contributed by atoms with E-state index in [-0.39, 0.29) is 5.95 Å². The first-order valence-electron chi connectivity index (χ1n) is 8.43. The molecule has 0 unspecified atom stereocenters. The highest BCUT2D eigenvalue weighted by Gasteiger charge is 2.41. The Hall–Kier alpha value is -2.45. The molecule has 0 saturated carbocycles. The van der Waals surface area contributed by atoms with E-state index in [4.69, 9.17) is 11.6 Å². The molecule has 0 aliphatic carbocycles. The Labute approximate surface area is 167 Å². The Balaban J connectivity index is 1.73. The topological polar surface area (TPSA) is 42.7 Å². The standard InChI is InChI=1S/C19H12ClF3N4S/c20-11-7-5-10(6-8-11)16-13-9-28-14-4-2-1-3-12(14)15(13)24-18-25-17(19(21,22)23)26-27(16)18/h1-8,16H,9H2,(H,24,25,26)/t16-/m0/s1. The second-order valence-electron chi connectivity index (χ2n) is 6.47. The molecule has 1 atom stereocenters. The number of alkyl halides is 3. The minimum atomic E-state index is -4.62. The summed E-state index contributed by atoms with van der Waals surface area (Å²) in [6.07, 6.45) is -4.62. The molecule has 2 aliphatic heterocycles. The lowest BCUT2D eigenvalue weighted by Gasteiger charge is -2.33. The van der Waals surface area contributed by atoms with Gasteiger partial charge in [-0.2, -0.15) is 18.2 Å². The smallest absolute Gasteiger partial charge is 0.324 e. The predicted molar refractivity (Wildman–Crippen MR) is 102 cm³/mol. The second kappa shape index (κ2) is 6.28. The Morgan fingerprint density at radius 3 is 2.61 bits per heavy atom. The van der Waals surface area contributed by atoms with Gasteiger partial charge in [-0.05, 0) is 29.3 Å². The third kappa shape index (κ3) is 2.79. The molecule has 28 heavy (non-hydrogen) atoms. The van der Waals surface area contributed by atoms with Crippen LogP contribution in [0.3, 0.4) is 0 Å². The van der Waals surface area contributed by atoms with Crippen LogP contribution in [0.2, 0.25) is 5.02 Å². The maximum Gasteiger partial charge on any atom is 0.453 e. The van der Waals surface area contributed by atoms with E-state index in [1.165, 1.54) is 4.68 Å². The molecule has 0 saturated heterocycles. The van der Waals surface area contributed by atoms with Crippen molar-refractivity contribution in [2.75, 3.05) is 11.1 Å². The van der Waals surface area contributed by atoms with E-state index in [9.17, 15) is 13.2 Å². The van der Waals surface area contributed by atoms with Crippen molar-refractivity contribution in [3.63, 3.8) is 0 Å². The summed E-state index contributed by atoms with van der Waals surface area (Å²) >= 11 is 7.66. The number of nitrogens with one attached hydrogen (secondary N) is 1. The SMILES string of the molecule is FC(F)(F)c1nc2n(n1)[C@@H](c1ccc(Cl)cc1)C1=C(N2)c2ccccc2SC1. The quantitative estimate of drug-likeness (QED) is 0.566. The van der Waals surface area contributed by atoms with Crippen LogP contribution >= 0.6 is 23.4 Å². The van der Waals surface area contributed by atoms with Crippen LogP contribution in [0.25, 0.3) is 5.70 Å². The molecule has 142 valence electrons. The van der Waals surface area contributed by atoms with E-state index in [0.717, 1.165) is 27.3 Å². The highest BCUT2D eigenvalue weighted by Crippen LogP contribution is 2.46. The van der Waals surface area contributed by atoms with Gasteiger partial charge < -0.3 is 5.32 Å². The number of hydrogen-bond acceptors (Lipinski definition) is 4. The zero-order valence-corrected chi connectivity index (χ0v) is 15.7. The molecule has 0 fully saturated rings. The van der Waals surface area contributed by atoms with Crippen molar-refractivity contribution in [1.29, 1.82) is 0 Å². The van der Waals surface area contributed by atoms with Crippen LogP contribution in [-0.4, -0.2) is 20.5 Å². The third-order valence-corrected chi connectivity index (χ3v) is 6.12. The van der Waals surface area contributed by atoms with Crippen molar-refractivity contribution in [3.8, 4) is 0 Å². The lowest BCUT2D eigenvalue weighted by molar-refractivity contribution is -0.145. The normalized spacial score (nSPS) is 18.2. The van der Waals surface area contributed by atoms with E-state index < -0.39 is 18.0 Å². The van der Waals surface area contributed by atoms with E-state index in [1.807, 2.05) is 36.4 Å². The summed E-state index contributed by atoms with van der Waals surface area (Å²) in [6, 6.07) is 14.4. The first kappa shape index (κ1) is 17.6. The first-order chi connectivity index (χ1) is 13.4. The zero-order chi connectivity index (χ0) is 19.5. The van der Waals surface area contributed by atoms with Crippen LogP contribution in [-0.2, 0) is 6.18 Å². The van der Waals surface area contributed by atoms with Gasteiger partial charge in [-0.25, -0.2) is 4.68 Å². The average Bonchev–Trinajstić information content (AvgIpc) is 3.11.